The number of guanidine groups is 1. The number of rotatable bonds is 2. The first-order chi connectivity index (χ1) is 19.3. The first-order valence-electron chi connectivity index (χ1n) is 13.7. The van der Waals surface area contributed by atoms with E-state index in [1.54, 1.807) is 23.0 Å². The van der Waals surface area contributed by atoms with E-state index in [9.17, 15) is 9.00 Å². The van der Waals surface area contributed by atoms with E-state index in [0.717, 1.165) is 35.5 Å². The van der Waals surface area contributed by atoms with Crippen LogP contribution in [-0.4, -0.2) is 68.7 Å². The summed E-state index contributed by atoms with van der Waals surface area (Å²) in [6.07, 6.45) is 3.48. The molecule has 1 amide bonds. The van der Waals surface area contributed by atoms with E-state index in [-0.39, 0.29) is 11.8 Å². The van der Waals surface area contributed by atoms with Crippen molar-refractivity contribution < 1.29 is 18.5 Å². The monoisotopic (exact) mass is 565 g/mol. The smallest absolute Gasteiger partial charge is 0.280 e. The molecular formula is C28H35N7O4S. The minimum atomic E-state index is -2.55. The molecule has 11 nitrogen and oxygen atoms in total. The minimum Gasteiger partial charge on any atom is -0.477 e. The first kappa shape index (κ1) is 26.5. The van der Waals surface area contributed by atoms with Crippen molar-refractivity contribution in [2.45, 2.75) is 26.7 Å². The number of nitrogens with zero attached hydrogens (tertiary/aromatic N) is 5. The van der Waals surface area contributed by atoms with Crippen LogP contribution in [0.1, 0.15) is 35.8 Å². The van der Waals surface area contributed by atoms with Gasteiger partial charge in [0.15, 0.2) is 0 Å². The first-order valence-corrected chi connectivity index (χ1v) is 15.8. The lowest BCUT2D eigenvalue weighted by atomic mass is 10.1. The number of aromatic nitrogens is 3. The Balaban J connectivity index is 1.37. The highest BCUT2D eigenvalue weighted by molar-refractivity contribution is 8.04. The molecule has 212 valence electrons. The number of carbonyl (C=O) groups is 1. The summed E-state index contributed by atoms with van der Waals surface area (Å²) in [5, 5.41) is 7.71. The summed E-state index contributed by atoms with van der Waals surface area (Å²) in [6.45, 7) is 6.23. The van der Waals surface area contributed by atoms with Crippen molar-refractivity contribution in [3.63, 3.8) is 0 Å². The van der Waals surface area contributed by atoms with Gasteiger partial charge in [-0.05, 0) is 66.1 Å². The van der Waals surface area contributed by atoms with E-state index in [4.69, 9.17) is 9.47 Å². The predicted octanol–water partition coefficient (Wildman–Crippen LogP) is 3.40. The number of benzene rings is 1. The lowest BCUT2D eigenvalue weighted by molar-refractivity contribution is 0.100. The van der Waals surface area contributed by atoms with Crippen LogP contribution in [0.2, 0.25) is 0 Å². The van der Waals surface area contributed by atoms with Gasteiger partial charge in [0, 0.05) is 42.0 Å². The highest BCUT2D eigenvalue weighted by atomic mass is 32.3. The molecule has 1 atom stereocenters. The summed E-state index contributed by atoms with van der Waals surface area (Å²) >= 11 is 0. The molecule has 2 aromatic heterocycles. The Hall–Kier alpha value is -3.77. The van der Waals surface area contributed by atoms with E-state index < -0.39 is 10.1 Å². The minimum absolute atomic E-state index is 0.281. The van der Waals surface area contributed by atoms with Gasteiger partial charge in [0.1, 0.15) is 0 Å². The molecule has 0 aliphatic carbocycles. The van der Waals surface area contributed by atoms with Crippen LogP contribution in [0.25, 0.3) is 11.3 Å². The molecule has 1 saturated heterocycles. The summed E-state index contributed by atoms with van der Waals surface area (Å²) in [4.78, 5) is 24.8. The Morgan fingerprint density at radius 1 is 1.15 bits per heavy atom. The average Bonchev–Trinajstić information content (AvgIpc) is 3.45. The van der Waals surface area contributed by atoms with Crippen LogP contribution in [0, 0.1) is 12.8 Å². The molecule has 0 radical (unpaired) electrons. The van der Waals surface area contributed by atoms with Gasteiger partial charge in [-0.15, -0.1) is 0 Å². The molecule has 0 spiro atoms. The largest absolute Gasteiger partial charge is 0.477 e. The average molecular weight is 566 g/mol. The number of fused-ring (bicyclic) bond motifs is 7. The van der Waals surface area contributed by atoms with Gasteiger partial charge in [-0.1, -0.05) is 6.92 Å². The van der Waals surface area contributed by atoms with Gasteiger partial charge in [-0.3, -0.25) is 14.0 Å². The highest BCUT2D eigenvalue weighted by Gasteiger charge is 2.29. The van der Waals surface area contributed by atoms with Gasteiger partial charge >= 0.3 is 0 Å². The zero-order chi connectivity index (χ0) is 27.9. The van der Waals surface area contributed by atoms with Crippen LogP contribution >= 0.6 is 0 Å². The van der Waals surface area contributed by atoms with E-state index in [1.165, 1.54) is 0 Å². The number of aliphatic imine (C=N–C) groups is 1. The van der Waals surface area contributed by atoms with Crippen molar-refractivity contribution >= 4 is 39.0 Å². The number of ether oxygens (including phenoxy) is 2. The Labute approximate surface area is 234 Å². The summed E-state index contributed by atoms with van der Waals surface area (Å²) in [5.74, 6) is 2.05. The SMILES string of the molecule is Cc1cc2cc(n1)-c1cnn(C)c1OCCC[C@@H](C)CN1/C(=N/C2=O)Nc2ccc(N[SH]3(=O)CCOCC3)cc21. The molecule has 1 fully saturated rings. The van der Waals surface area contributed by atoms with Crippen LogP contribution < -0.4 is 19.7 Å². The van der Waals surface area contributed by atoms with Crippen molar-refractivity contribution in [1.29, 1.82) is 0 Å². The second-order valence-electron chi connectivity index (χ2n) is 10.7. The Kier molecular flexibility index (Phi) is 7.05. The van der Waals surface area contributed by atoms with Gasteiger partial charge in [0.25, 0.3) is 5.91 Å². The zero-order valence-electron chi connectivity index (χ0n) is 23.0. The van der Waals surface area contributed by atoms with E-state index in [0.29, 0.717) is 66.7 Å². The number of carbonyl (C=O) groups excluding carboxylic acids is 1. The fraction of sp³-hybridized carbons (Fsp3) is 0.429. The molecule has 3 aliphatic heterocycles. The topological polar surface area (TPSA) is 123 Å². The molecule has 40 heavy (non-hydrogen) atoms. The predicted molar refractivity (Wildman–Crippen MR) is 158 cm³/mol. The summed E-state index contributed by atoms with van der Waals surface area (Å²) in [5.41, 5.74) is 5.04. The van der Waals surface area contributed by atoms with E-state index in [2.05, 4.69) is 36.9 Å². The van der Waals surface area contributed by atoms with Crippen LogP contribution in [0.15, 0.2) is 41.5 Å². The fourth-order valence-electron chi connectivity index (χ4n) is 5.36. The third-order valence-corrected chi connectivity index (χ3v) is 9.94. The molecule has 1 aromatic carbocycles. The van der Waals surface area contributed by atoms with Crippen LogP contribution in [0.4, 0.5) is 17.1 Å². The summed E-state index contributed by atoms with van der Waals surface area (Å²) in [6, 6.07) is 9.34. The number of hydrogen-bond acceptors (Lipinski definition) is 8. The third kappa shape index (κ3) is 5.33. The number of nitrogens with one attached hydrogen (secondary N) is 2. The number of anilines is 3. The molecule has 3 aromatic rings. The van der Waals surface area contributed by atoms with Crippen molar-refractivity contribution in [1.82, 2.24) is 14.8 Å². The van der Waals surface area contributed by atoms with Crippen molar-refractivity contribution in [3.05, 3.63) is 47.8 Å². The van der Waals surface area contributed by atoms with Gasteiger partial charge in [-0.2, -0.15) is 10.1 Å². The Bertz CT molecular complexity index is 1520. The summed E-state index contributed by atoms with van der Waals surface area (Å²) < 4.78 is 29.9. The summed E-state index contributed by atoms with van der Waals surface area (Å²) in [7, 11) is -0.719. The standard InChI is InChI=1S/C28H35N7O4S/c1-18-5-4-8-39-27-22(16-29-34(27)3)24-14-20(13-19(2)30-24)26(36)32-28-31-23-7-6-21(15-25(23)35(28)17-18)33-40(37)11-9-38-10-12-40/h6-7,13-16,18,40H,4-5,8-12,17H2,1-3H3,(H,33,37)(H,31,32,36)/t18-/m1/s1. The van der Waals surface area contributed by atoms with Gasteiger partial charge in [0.05, 0.1) is 48.6 Å². The maximum atomic E-state index is 13.5. The molecule has 2 N–H and O–H groups in total. The second kappa shape index (κ2) is 10.7. The molecule has 0 unspecified atom stereocenters. The number of amides is 1. The molecule has 2 bridgehead atoms. The van der Waals surface area contributed by atoms with Crippen LogP contribution in [0.3, 0.4) is 0 Å². The normalized spacial score (nSPS) is 22.7. The van der Waals surface area contributed by atoms with E-state index in [1.807, 2.05) is 32.2 Å². The van der Waals surface area contributed by atoms with Crippen molar-refractivity contribution in [2.24, 2.45) is 18.0 Å². The number of hydrogen-bond donors (Lipinski definition) is 3. The van der Waals surface area contributed by atoms with Crippen LogP contribution in [0.5, 0.6) is 5.88 Å². The molecule has 12 heteroatoms. The fourth-order valence-corrected chi connectivity index (χ4v) is 7.26. The van der Waals surface area contributed by atoms with Gasteiger partial charge in [0.2, 0.25) is 11.8 Å². The Morgan fingerprint density at radius 3 is 2.80 bits per heavy atom. The molecule has 5 heterocycles. The quantitative estimate of drug-likeness (QED) is 0.404. The third-order valence-electron chi connectivity index (χ3n) is 7.46. The zero-order valence-corrected chi connectivity index (χ0v) is 23.9. The van der Waals surface area contributed by atoms with Crippen molar-refractivity contribution in [3.8, 4) is 17.1 Å². The Morgan fingerprint density at radius 2 is 1.98 bits per heavy atom. The lowest BCUT2D eigenvalue weighted by Gasteiger charge is -2.30. The molecular weight excluding hydrogens is 530 g/mol. The number of thiol groups is 1. The molecule has 0 saturated carbocycles. The second-order valence-corrected chi connectivity index (χ2v) is 13.6. The lowest BCUT2D eigenvalue weighted by Crippen LogP contribution is -2.38. The maximum absolute atomic E-state index is 13.5. The van der Waals surface area contributed by atoms with Crippen molar-refractivity contribution in [2.75, 3.05) is 52.8 Å². The van der Waals surface area contributed by atoms with Gasteiger partial charge in [-0.25, -0.2) is 4.68 Å². The number of aryl methyl sites for hydroxylation is 2. The number of pyridine rings is 1. The van der Waals surface area contributed by atoms with Gasteiger partial charge < -0.3 is 24.4 Å². The molecule has 6 rings (SSSR count). The van der Waals surface area contributed by atoms with E-state index >= 15 is 0 Å². The maximum Gasteiger partial charge on any atom is 0.280 e. The highest BCUT2D eigenvalue weighted by Crippen LogP contribution is 2.37. The molecule has 3 aliphatic rings. The van der Waals surface area contributed by atoms with Crippen LogP contribution in [-0.2, 0) is 21.9 Å².